The molecule has 0 radical (unpaired) electrons. The van der Waals surface area contributed by atoms with Crippen molar-refractivity contribution in [2.24, 2.45) is 0 Å². The maximum atomic E-state index is 9.24. The van der Waals surface area contributed by atoms with Crippen molar-refractivity contribution >= 4 is 65.8 Å². The van der Waals surface area contributed by atoms with Crippen LogP contribution in [0, 0.1) is 5.41 Å². The predicted molar refractivity (Wildman–Crippen MR) is 227 cm³/mol. The van der Waals surface area contributed by atoms with Gasteiger partial charge in [-0.2, -0.15) is 0 Å². The highest BCUT2D eigenvalue weighted by atomic mass is 14.7. The third-order valence-electron chi connectivity index (χ3n) is 10.8. The van der Waals surface area contributed by atoms with E-state index in [1.165, 1.54) is 65.3 Å². The summed E-state index contributed by atoms with van der Waals surface area (Å²) in [6.07, 6.45) is 1.82. The Morgan fingerprint density at radius 2 is 0.925 bits per heavy atom. The Hall–Kier alpha value is -7.03. The fraction of sp³-hybridized carbons (Fsp3) is 0. The van der Waals surface area contributed by atoms with Crippen LogP contribution in [0.25, 0.3) is 93.4 Å². The van der Waals surface area contributed by atoms with E-state index in [2.05, 4.69) is 157 Å². The minimum atomic E-state index is 0.479. The van der Waals surface area contributed by atoms with Crippen LogP contribution in [0.2, 0.25) is 0 Å². The summed E-state index contributed by atoms with van der Waals surface area (Å²) < 4.78 is 0. The molecule has 0 fully saturated rings. The molecule has 0 saturated carbocycles. The molecule has 0 amide bonds. The molecule has 0 atom stereocenters. The van der Waals surface area contributed by atoms with Gasteiger partial charge in [0.2, 0.25) is 0 Å². The SMILES string of the molecule is C=Cc1[nH]c2ccc(-c3ccc4c(-c5ccc6ccccc6c5)c5ccccc5c(-c5ccc6ccccc6c5)c4c3)cc2c1C(=N)c1ccccc1. The maximum absolute atomic E-state index is 9.24. The molecule has 0 saturated heterocycles. The topological polar surface area (TPSA) is 39.6 Å². The third-order valence-corrected chi connectivity index (χ3v) is 10.8. The molecule has 0 aliphatic heterocycles. The minimum Gasteiger partial charge on any atom is -0.354 e. The summed E-state index contributed by atoms with van der Waals surface area (Å²) >= 11 is 0. The first-order valence-electron chi connectivity index (χ1n) is 18.0. The number of fused-ring (bicyclic) bond motifs is 5. The summed E-state index contributed by atoms with van der Waals surface area (Å²) in [5.74, 6) is 0. The van der Waals surface area contributed by atoms with Crippen molar-refractivity contribution in [2.75, 3.05) is 0 Å². The van der Waals surface area contributed by atoms with Crippen molar-refractivity contribution < 1.29 is 0 Å². The fourth-order valence-electron chi connectivity index (χ4n) is 8.23. The number of hydrogen-bond acceptors (Lipinski definition) is 1. The first-order chi connectivity index (χ1) is 26.1. The molecule has 0 bridgehead atoms. The highest BCUT2D eigenvalue weighted by Crippen LogP contribution is 2.46. The Morgan fingerprint density at radius 1 is 0.434 bits per heavy atom. The van der Waals surface area contributed by atoms with Gasteiger partial charge in [0.15, 0.2) is 0 Å². The smallest absolute Gasteiger partial charge is 0.0712 e. The minimum absolute atomic E-state index is 0.479. The zero-order chi connectivity index (χ0) is 35.5. The molecule has 0 unspecified atom stereocenters. The van der Waals surface area contributed by atoms with E-state index in [9.17, 15) is 5.41 Å². The number of nitrogens with one attached hydrogen (secondary N) is 2. The zero-order valence-electron chi connectivity index (χ0n) is 29.0. The summed E-state index contributed by atoms with van der Waals surface area (Å²) in [5, 5.41) is 20.1. The molecule has 53 heavy (non-hydrogen) atoms. The van der Waals surface area contributed by atoms with Gasteiger partial charge in [-0.05, 0) is 113 Å². The van der Waals surface area contributed by atoms with Crippen LogP contribution < -0.4 is 0 Å². The molecule has 9 aromatic carbocycles. The quantitative estimate of drug-likeness (QED) is 0.130. The molecule has 2 heteroatoms. The van der Waals surface area contributed by atoms with Gasteiger partial charge in [0, 0.05) is 27.7 Å². The number of aromatic nitrogens is 1. The molecule has 1 heterocycles. The molecule has 0 aliphatic rings. The highest BCUT2D eigenvalue weighted by Gasteiger charge is 2.20. The van der Waals surface area contributed by atoms with Gasteiger partial charge in [0.05, 0.1) is 5.71 Å². The van der Waals surface area contributed by atoms with Crippen molar-refractivity contribution in [1.29, 1.82) is 5.41 Å². The van der Waals surface area contributed by atoms with Crippen LogP contribution in [0.5, 0.6) is 0 Å². The number of H-pyrrole nitrogens is 1. The molecule has 10 rings (SSSR count). The number of hydrogen-bond donors (Lipinski definition) is 2. The van der Waals surface area contributed by atoms with Gasteiger partial charge in [-0.15, -0.1) is 0 Å². The van der Waals surface area contributed by atoms with E-state index in [1.807, 2.05) is 36.4 Å². The lowest BCUT2D eigenvalue weighted by molar-refractivity contribution is 1.40. The Kier molecular flexibility index (Phi) is 7.16. The average molecular weight is 675 g/mol. The molecule has 1 aromatic heterocycles. The van der Waals surface area contributed by atoms with Crippen LogP contribution in [0.3, 0.4) is 0 Å². The van der Waals surface area contributed by atoms with Crippen LogP contribution in [0.4, 0.5) is 0 Å². The average Bonchev–Trinajstić information content (AvgIpc) is 3.60. The highest BCUT2D eigenvalue weighted by molar-refractivity contribution is 6.23. The standard InChI is InChI=1S/C51H34N2/c1-2-46-50(51(52)34-14-4-3-5-15-34)45-31-38(25-27-47(45)53-46)37-24-26-43-44(30-37)49(40-23-21-33-13-7-9-17-36(33)29-40)42-19-11-10-18-41(42)48(43)39-22-20-32-12-6-8-16-35(32)28-39/h2-31,52-53H,1H2. The van der Waals surface area contributed by atoms with Crippen LogP contribution in [-0.4, -0.2) is 10.7 Å². The lowest BCUT2D eigenvalue weighted by atomic mass is 9.84. The van der Waals surface area contributed by atoms with E-state index in [0.717, 1.165) is 38.9 Å². The van der Waals surface area contributed by atoms with Crippen molar-refractivity contribution in [3.63, 3.8) is 0 Å². The lowest BCUT2D eigenvalue weighted by Gasteiger charge is -2.19. The monoisotopic (exact) mass is 674 g/mol. The molecule has 10 aromatic rings. The van der Waals surface area contributed by atoms with E-state index >= 15 is 0 Å². The van der Waals surface area contributed by atoms with Crippen LogP contribution in [0.15, 0.2) is 183 Å². The van der Waals surface area contributed by atoms with E-state index < -0.39 is 0 Å². The molecular weight excluding hydrogens is 641 g/mol. The van der Waals surface area contributed by atoms with Crippen molar-refractivity contribution in [3.05, 3.63) is 199 Å². The second-order valence-electron chi connectivity index (χ2n) is 13.8. The number of benzene rings is 9. The van der Waals surface area contributed by atoms with Gasteiger partial charge in [-0.3, -0.25) is 5.41 Å². The van der Waals surface area contributed by atoms with Gasteiger partial charge < -0.3 is 4.98 Å². The largest absolute Gasteiger partial charge is 0.354 e. The first kappa shape index (κ1) is 30.8. The van der Waals surface area contributed by atoms with Gasteiger partial charge in [-0.25, -0.2) is 0 Å². The van der Waals surface area contributed by atoms with Crippen LogP contribution >= 0.6 is 0 Å². The Labute approximate surface area is 307 Å². The summed E-state index contributed by atoms with van der Waals surface area (Å²) in [4.78, 5) is 3.52. The van der Waals surface area contributed by atoms with E-state index in [4.69, 9.17) is 0 Å². The predicted octanol–water partition coefficient (Wildman–Crippen LogP) is 13.8. The number of aromatic amines is 1. The summed E-state index contributed by atoms with van der Waals surface area (Å²) in [6.45, 7) is 4.08. The van der Waals surface area contributed by atoms with Gasteiger partial charge >= 0.3 is 0 Å². The van der Waals surface area contributed by atoms with Crippen LogP contribution in [0.1, 0.15) is 16.8 Å². The van der Waals surface area contributed by atoms with Crippen LogP contribution in [-0.2, 0) is 0 Å². The Morgan fingerprint density at radius 3 is 1.55 bits per heavy atom. The zero-order valence-corrected chi connectivity index (χ0v) is 29.0. The molecule has 0 aliphatic carbocycles. The van der Waals surface area contributed by atoms with Crippen molar-refractivity contribution in [1.82, 2.24) is 4.98 Å². The maximum Gasteiger partial charge on any atom is 0.0712 e. The van der Waals surface area contributed by atoms with Gasteiger partial charge in [0.25, 0.3) is 0 Å². The van der Waals surface area contributed by atoms with Gasteiger partial charge in [-0.1, -0.05) is 152 Å². The van der Waals surface area contributed by atoms with E-state index in [0.29, 0.717) is 5.71 Å². The van der Waals surface area contributed by atoms with Gasteiger partial charge in [0.1, 0.15) is 0 Å². The molecule has 0 spiro atoms. The first-order valence-corrected chi connectivity index (χ1v) is 18.0. The normalized spacial score (nSPS) is 11.5. The molecular formula is C51H34N2. The lowest BCUT2D eigenvalue weighted by Crippen LogP contribution is -2.02. The summed E-state index contributed by atoms with van der Waals surface area (Å²) in [7, 11) is 0. The fourth-order valence-corrected chi connectivity index (χ4v) is 8.23. The van der Waals surface area contributed by atoms with E-state index in [1.54, 1.807) is 0 Å². The second-order valence-corrected chi connectivity index (χ2v) is 13.8. The molecule has 2 N–H and O–H groups in total. The van der Waals surface area contributed by atoms with Crippen molar-refractivity contribution in [3.8, 4) is 33.4 Å². The van der Waals surface area contributed by atoms with E-state index in [-0.39, 0.29) is 0 Å². The Balaban J connectivity index is 1.25. The molecule has 248 valence electrons. The summed E-state index contributed by atoms with van der Waals surface area (Å²) in [5.41, 5.74) is 11.2. The Bertz CT molecular complexity index is 3090. The third kappa shape index (κ3) is 5.07. The number of rotatable bonds is 6. The molecule has 2 nitrogen and oxygen atoms in total. The second kappa shape index (κ2) is 12.3. The van der Waals surface area contributed by atoms with Crippen molar-refractivity contribution in [2.45, 2.75) is 0 Å². The summed E-state index contributed by atoms with van der Waals surface area (Å²) in [6, 6.07) is 63.2.